The molecule has 0 saturated carbocycles. The molecule has 1 aromatic rings. The van der Waals surface area contributed by atoms with Crippen molar-refractivity contribution in [3.8, 4) is 0 Å². The van der Waals surface area contributed by atoms with Gasteiger partial charge in [0.25, 0.3) is 0 Å². The first-order valence-electron chi connectivity index (χ1n) is 5.72. The molecular weight excluding hydrogens is 268 g/mol. The number of carbonyl (C=O) groups is 1. The van der Waals surface area contributed by atoms with Crippen LogP contribution in [0.5, 0.6) is 0 Å². The maximum Gasteiger partial charge on any atom is 0.322 e. The minimum absolute atomic E-state index is 0.0457. The third-order valence-electron chi connectivity index (χ3n) is 2.74. The second-order valence-corrected chi connectivity index (χ2v) is 5.81. The highest BCUT2D eigenvalue weighted by molar-refractivity contribution is 7.89. The summed E-state index contributed by atoms with van der Waals surface area (Å²) in [5.74, 6) is -0.380. The van der Waals surface area contributed by atoms with Crippen molar-refractivity contribution in [1.82, 2.24) is 5.32 Å². The number of nitrogens with two attached hydrogens (primary N) is 1. The van der Waals surface area contributed by atoms with Gasteiger partial charge in [0, 0.05) is 6.04 Å². The summed E-state index contributed by atoms with van der Waals surface area (Å²) in [5, 5.41) is 8.09. The predicted octanol–water partition coefficient (Wildman–Crippen LogP) is 0.546. The third-order valence-corrected chi connectivity index (χ3v) is 3.65. The molecule has 0 heterocycles. The molecule has 0 aliphatic carbocycles. The highest BCUT2D eigenvalue weighted by atomic mass is 32.2. The number of carbonyl (C=O) groups excluding carboxylic acids is 1. The fourth-order valence-electron chi connectivity index (χ4n) is 1.68. The number of hydrogen-bond donors (Lipinski definition) is 2. The normalized spacial score (nSPS) is 14.7. The van der Waals surface area contributed by atoms with E-state index in [0.717, 1.165) is 5.56 Å². The lowest BCUT2D eigenvalue weighted by Gasteiger charge is -2.19. The Kier molecular flexibility index (Phi) is 5.04. The molecule has 0 aliphatic rings. The second-order valence-electron chi connectivity index (χ2n) is 4.25. The van der Waals surface area contributed by atoms with Gasteiger partial charge in [-0.25, -0.2) is 13.6 Å². The molecule has 0 amide bonds. The second kappa shape index (κ2) is 6.14. The van der Waals surface area contributed by atoms with Gasteiger partial charge in [0.05, 0.1) is 12.0 Å². The van der Waals surface area contributed by atoms with Crippen molar-refractivity contribution in [3.63, 3.8) is 0 Å². The number of hydrogen-bond acceptors (Lipinski definition) is 5. The van der Waals surface area contributed by atoms with Gasteiger partial charge in [0.15, 0.2) is 0 Å². The van der Waals surface area contributed by atoms with E-state index in [1.807, 2.05) is 6.92 Å². The highest BCUT2D eigenvalue weighted by Gasteiger charge is 2.17. The lowest BCUT2D eigenvalue weighted by molar-refractivity contribution is -0.142. The van der Waals surface area contributed by atoms with Crippen LogP contribution in [-0.2, 0) is 19.6 Å². The van der Waals surface area contributed by atoms with Crippen LogP contribution in [0.4, 0.5) is 0 Å². The number of nitrogens with one attached hydrogen (secondary N) is 1. The van der Waals surface area contributed by atoms with Gasteiger partial charge in [-0.2, -0.15) is 0 Å². The Morgan fingerprint density at radius 1 is 1.37 bits per heavy atom. The van der Waals surface area contributed by atoms with E-state index in [0.29, 0.717) is 0 Å². The summed E-state index contributed by atoms with van der Waals surface area (Å²) in [5.41, 5.74) is 0.724. The number of esters is 1. The highest BCUT2D eigenvalue weighted by Crippen LogP contribution is 2.17. The Balaban J connectivity index is 2.89. The van der Waals surface area contributed by atoms with Crippen molar-refractivity contribution < 1.29 is 17.9 Å². The van der Waals surface area contributed by atoms with E-state index in [1.165, 1.54) is 19.2 Å². The van der Waals surface area contributed by atoms with E-state index in [2.05, 4.69) is 10.1 Å². The van der Waals surface area contributed by atoms with Crippen LogP contribution in [0, 0.1) is 0 Å². The van der Waals surface area contributed by atoms with Gasteiger partial charge in [-0.1, -0.05) is 12.1 Å². The smallest absolute Gasteiger partial charge is 0.322 e. The fourth-order valence-corrected chi connectivity index (χ4v) is 2.25. The van der Waals surface area contributed by atoms with Gasteiger partial charge >= 0.3 is 5.97 Å². The van der Waals surface area contributed by atoms with Gasteiger partial charge < -0.3 is 4.74 Å². The molecular formula is C12H18N2O4S. The lowest BCUT2D eigenvalue weighted by Crippen LogP contribution is -2.36. The average molecular weight is 286 g/mol. The summed E-state index contributed by atoms with van der Waals surface area (Å²) in [7, 11) is -2.42. The van der Waals surface area contributed by atoms with Crippen molar-refractivity contribution in [3.05, 3.63) is 29.8 Å². The summed E-state index contributed by atoms with van der Waals surface area (Å²) >= 11 is 0. The van der Waals surface area contributed by atoms with Crippen LogP contribution in [0.25, 0.3) is 0 Å². The first-order valence-corrected chi connectivity index (χ1v) is 7.27. The molecule has 3 N–H and O–H groups in total. The summed E-state index contributed by atoms with van der Waals surface area (Å²) in [4.78, 5) is 11.3. The van der Waals surface area contributed by atoms with Crippen molar-refractivity contribution in [2.75, 3.05) is 7.11 Å². The molecule has 2 atom stereocenters. The van der Waals surface area contributed by atoms with Crippen LogP contribution < -0.4 is 10.5 Å². The van der Waals surface area contributed by atoms with Crippen molar-refractivity contribution >= 4 is 16.0 Å². The topological polar surface area (TPSA) is 98.5 Å². The number of methoxy groups -OCH3 is 1. The molecule has 0 saturated heterocycles. The van der Waals surface area contributed by atoms with Crippen molar-refractivity contribution in [2.24, 2.45) is 5.14 Å². The molecule has 0 aromatic heterocycles. The Bertz CT molecular complexity index is 557. The molecule has 6 nitrogen and oxygen atoms in total. The van der Waals surface area contributed by atoms with Crippen molar-refractivity contribution in [1.29, 1.82) is 0 Å². The summed E-state index contributed by atoms with van der Waals surface area (Å²) < 4.78 is 27.1. The molecule has 0 fully saturated rings. The molecule has 0 radical (unpaired) electrons. The summed E-state index contributed by atoms with van der Waals surface area (Å²) in [6.45, 7) is 3.49. The molecule has 0 spiro atoms. The molecule has 19 heavy (non-hydrogen) atoms. The quantitative estimate of drug-likeness (QED) is 0.770. The maximum atomic E-state index is 11.3. The van der Waals surface area contributed by atoms with E-state index in [9.17, 15) is 13.2 Å². The van der Waals surface area contributed by atoms with Gasteiger partial charge in [0.1, 0.15) is 6.04 Å². The minimum Gasteiger partial charge on any atom is -0.468 e. The molecule has 0 bridgehead atoms. The van der Waals surface area contributed by atoms with Gasteiger partial charge in [-0.15, -0.1) is 0 Å². The number of sulfonamides is 1. The third kappa shape index (κ3) is 4.30. The fraction of sp³-hybridized carbons (Fsp3) is 0.417. The van der Waals surface area contributed by atoms with Crippen LogP contribution in [-0.4, -0.2) is 27.5 Å². The van der Waals surface area contributed by atoms with Crippen LogP contribution in [0.2, 0.25) is 0 Å². The monoisotopic (exact) mass is 286 g/mol. The lowest BCUT2D eigenvalue weighted by atomic mass is 10.1. The van der Waals surface area contributed by atoms with E-state index < -0.39 is 16.1 Å². The van der Waals surface area contributed by atoms with Crippen molar-refractivity contribution in [2.45, 2.75) is 30.8 Å². The standard InChI is InChI=1S/C12H18N2O4S/c1-8(14-9(2)12(15)18-3)10-5-4-6-11(7-10)19(13,16)17/h4-9,14H,1-3H3,(H2,13,16,17)/t8?,9-/m0/s1. The van der Waals surface area contributed by atoms with E-state index >= 15 is 0 Å². The summed E-state index contributed by atoms with van der Waals surface area (Å²) in [6, 6.07) is 5.58. The number of ether oxygens (including phenoxy) is 1. The van der Waals surface area contributed by atoms with E-state index in [1.54, 1.807) is 19.1 Å². The van der Waals surface area contributed by atoms with Crippen LogP contribution in [0.15, 0.2) is 29.2 Å². The molecule has 1 rings (SSSR count). The zero-order valence-corrected chi connectivity index (χ0v) is 11.9. The van der Waals surface area contributed by atoms with Gasteiger partial charge in [0.2, 0.25) is 10.0 Å². The number of benzene rings is 1. The van der Waals surface area contributed by atoms with E-state index in [-0.39, 0.29) is 16.9 Å². The molecule has 1 aromatic carbocycles. The largest absolute Gasteiger partial charge is 0.468 e. The Labute approximate surface area is 113 Å². The average Bonchev–Trinajstić information content (AvgIpc) is 2.36. The zero-order chi connectivity index (χ0) is 14.6. The molecule has 106 valence electrons. The first-order chi connectivity index (χ1) is 8.75. The maximum absolute atomic E-state index is 11.3. The zero-order valence-electron chi connectivity index (χ0n) is 11.1. The van der Waals surface area contributed by atoms with Crippen LogP contribution in [0.1, 0.15) is 25.5 Å². The Hall–Kier alpha value is -1.44. The predicted molar refractivity (Wildman–Crippen MR) is 70.8 cm³/mol. The van der Waals surface area contributed by atoms with Crippen LogP contribution in [0.3, 0.4) is 0 Å². The minimum atomic E-state index is -3.73. The molecule has 0 aliphatic heterocycles. The Morgan fingerprint density at radius 3 is 2.53 bits per heavy atom. The molecule has 7 heteroatoms. The van der Waals surface area contributed by atoms with Gasteiger partial charge in [-0.05, 0) is 31.5 Å². The van der Waals surface area contributed by atoms with Gasteiger partial charge in [-0.3, -0.25) is 10.1 Å². The first kappa shape index (κ1) is 15.6. The summed E-state index contributed by atoms with van der Waals surface area (Å²) in [6.07, 6.45) is 0. The Morgan fingerprint density at radius 2 is 2.00 bits per heavy atom. The number of primary sulfonamides is 1. The number of rotatable bonds is 5. The molecule has 1 unspecified atom stereocenters. The van der Waals surface area contributed by atoms with E-state index in [4.69, 9.17) is 5.14 Å². The van der Waals surface area contributed by atoms with Crippen LogP contribution >= 0.6 is 0 Å². The SMILES string of the molecule is COC(=O)[C@H](C)NC(C)c1cccc(S(N)(=O)=O)c1.